The second-order valence-corrected chi connectivity index (χ2v) is 8.08. The van der Waals surface area contributed by atoms with Crippen molar-refractivity contribution in [3.63, 3.8) is 0 Å². The summed E-state index contributed by atoms with van der Waals surface area (Å²) in [6.07, 6.45) is -1.33. The van der Waals surface area contributed by atoms with Crippen molar-refractivity contribution in [3.8, 4) is 0 Å². The van der Waals surface area contributed by atoms with Crippen LogP contribution in [0.1, 0.15) is 46.5 Å². The van der Waals surface area contributed by atoms with Gasteiger partial charge in [-0.15, -0.1) is 11.6 Å². The van der Waals surface area contributed by atoms with Crippen molar-refractivity contribution in [1.82, 2.24) is 5.32 Å². The normalized spacial score (nSPS) is 40.2. The Morgan fingerprint density at radius 3 is 2.54 bits per heavy atom. The standard InChI is InChI=1S/C17H28ClNO5/c1-9(20)17(14(23)10-5-4-6-12(21)13(10)22)16(2,3)11(7-8-18)15(24)19-17/h10-14,21-23H,4-8H2,1-3H3,(H,19,24)/t10-,11-,12?,13?,14-,17+/m0/s1. The molecule has 1 aliphatic carbocycles. The highest BCUT2D eigenvalue weighted by molar-refractivity contribution is 6.18. The molecule has 2 aliphatic rings. The molecule has 1 saturated carbocycles. The van der Waals surface area contributed by atoms with Crippen LogP contribution in [0, 0.1) is 17.3 Å². The lowest BCUT2D eigenvalue weighted by atomic mass is 9.59. The van der Waals surface area contributed by atoms with E-state index in [9.17, 15) is 24.9 Å². The van der Waals surface area contributed by atoms with Gasteiger partial charge in [0.2, 0.25) is 5.91 Å². The molecular weight excluding hydrogens is 334 g/mol. The summed E-state index contributed by atoms with van der Waals surface area (Å²) in [5.41, 5.74) is -2.37. The van der Waals surface area contributed by atoms with E-state index in [1.165, 1.54) is 6.92 Å². The summed E-state index contributed by atoms with van der Waals surface area (Å²) in [7, 11) is 0. The molecule has 2 fully saturated rings. The minimum Gasteiger partial charge on any atom is -0.390 e. The monoisotopic (exact) mass is 361 g/mol. The molecule has 7 heteroatoms. The van der Waals surface area contributed by atoms with Crippen LogP contribution in [-0.2, 0) is 9.59 Å². The molecule has 4 N–H and O–H groups in total. The van der Waals surface area contributed by atoms with Crippen LogP contribution in [0.4, 0.5) is 0 Å². The maximum absolute atomic E-state index is 12.6. The van der Waals surface area contributed by atoms with E-state index >= 15 is 0 Å². The van der Waals surface area contributed by atoms with Gasteiger partial charge in [0.25, 0.3) is 0 Å². The average molecular weight is 362 g/mol. The summed E-state index contributed by atoms with van der Waals surface area (Å²) in [6, 6.07) is 0. The molecular formula is C17H28ClNO5. The van der Waals surface area contributed by atoms with Crippen LogP contribution >= 0.6 is 11.6 Å². The molecule has 6 atom stereocenters. The molecule has 1 aliphatic heterocycles. The summed E-state index contributed by atoms with van der Waals surface area (Å²) in [6.45, 7) is 4.90. The van der Waals surface area contributed by atoms with Crippen LogP contribution in [0.5, 0.6) is 0 Å². The van der Waals surface area contributed by atoms with Crippen LogP contribution in [0.25, 0.3) is 0 Å². The lowest BCUT2D eigenvalue weighted by Gasteiger charge is -2.48. The van der Waals surface area contributed by atoms with E-state index in [2.05, 4.69) is 5.32 Å². The second-order valence-electron chi connectivity index (χ2n) is 7.70. The maximum atomic E-state index is 12.6. The highest BCUT2D eigenvalue weighted by Crippen LogP contribution is 2.50. The Kier molecular flexibility index (Phi) is 5.65. The fraction of sp³-hybridized carbons (Fsp3) is 0.882. The molecule has 6 nitrogen and oxygen atoms in total. The molecule has 0 aromatic rings. The number of alkyl halides is 1. The van der Waals surface area contributed by atoms with E-state index in [-0.39, 0.29) is 17.6 Å². The molecule has 2 unspecified atom stereocenters. The van der Waals surface area contributed by atoms with Gasteiger partial charge in [-0.25, -0.2) is 0 Å². The van der Waals surface area contributed by atoms with Gasteiger partial charge in [0.15, 0.2) is 5.78 Å². The van der Waals surface area contributed by atoms with E-state index in [1.54, 1.807) is 13.8 Å². The Labute approximate surface area is 147 Å². The van der Waals surface area contributed by atoms with Gasteiger partial charge in [0, 0.05) is 23.1 Å². The van der Waals surface area contributed by atoms with E-state index in [0.717, 1.165) is 0 Å². The number of Topliss-reactive ketones (excluding diaryl/α,β-unsaturated/α-hetero) is 1. The number of carbonyl (C=O) groups is 2. The van der Waals surface area contributed by atoms with Crippen LogP contribution in [0.15, 0.2) is 0 Å². The quantitative estimate of drug-likeness (QED) is 0.536. The molecule has 24 heavy (non-hydrogen) atoms. The lowest BCUT2D eigenvalue weighted by molar-refractivity contribution is -0.149. The first-order valence-corrected chi connectivity index (χ1v) is 9.08. The fourth-order valence-electron chi connectivity index (χ4n) is 4.71. The first-order chi connectivity index (χ1) is 11.1. The summed E-state index contributed by atoms with van der Waals surface area (Å²) < 4.78 is 0. The molecule has 1 saturated heterocycles. The van der Waals surface area contributed by atoms with Gasteiger partial charge < -0.3 is 20.6 Å². The van der Waals surface area contributed by atoms with E-state index in [0.29, 0.717) is 25.7 Å². The zero-order valence-electron chi connectivity index (χ0n) is 14.5. The molecule has 0 aromatic carbocycles. The van der Waals surface area contributed by atoms with Gasteiger partial charge in [-0.2, -0.15) is 0 Å². The number of hydrogen-bond acceptors (Lipinski definition) is 5. The van der Waals surface area contributed by atoms with Crippen LogP contribution < -0.4 is 5.32 Å². The maximum Gasteiger partial charge on any atom is 0.224 e. The molecule has 1 amide bonds. The van der Waals surface area contributed by atoms with E-state index < -0.39 is 41.1 Å². The summed E-state index contributed by atoms with van der Waals surface area (Å²) in [4.78, 5) is 25.1. The number of rotatable bonds is 5. The van der Waals surface area contributed by atoms with Crippen molar-refractivity contribution in [2.45, 2.75) is 70.3 Å². The lowest BCUT2D eigenvalue weighted by Crippen LogP contribution is -2.67. The molecule has 0 spiro atoms. The highest BCUT2D eigenvalue weighted by Gasteiger charge is 2.66. The number of ketones is 1. The first-order valence-electron chi connectivity index (χ1n) is 8.54. The number of halogens is 1. The van der Waals surface area contributed by atoms with Crippen LogP contribution in [0.2, 0.25) is 0 Å². The van der Waals surface area contributed by atoms with Gasteiger partial charge in [0.1, 0.15) is 5.54 Å². The minimum atomic E-state index is -1.50. The number of aliphatic hydroxyl groups excluding tert-OH is 3. The minimum absolute atomic E-state index is 0.274. The third-order valence-corrected chi connectivity index (χ3v) is 6.42. The van der Waals surface area contributed by atoms with Crippen molar-refractivity contribution in [3.05, 3.63) is 0 Å². The molecule has 0 bridgehead atoms. The van der Waals surface area contributed by atoms with Gasteiger partial charge in [0.05, 0.1) is 18.3 Å². The number of carbonyl (C=O) groups excluding carboxylic acids is 2. The number of amides is 1. The number of hydrogen-bond donors (Lipinski definition) is 4. The van der Waals surface area contributed by atoms with E-state index in [4.69, 9.17) is 11.6 Å². The molecule has 0 radical (unpaired) electrons. The van der Waals surface area contributed by atoms with E-state index in [1.807, 2.05) is 0 Å². The summed E-state index contributed by atoms with van der Waals surface area (Å²) in [5, 5.41) is 34.1. The highest BCUT2D eigenvalue weighted by atomic mass is 35.5. The van der Waals surface area contributed by atoms with Crippen LogP contribution in [-0.4, -0.2) is 56.7 Å². The molecule has 2 rings (SSSR count). The predicted molar refractivity (Wildman–Crippen MR) is 89.5 cm³/mol. The smallest absolute Gasteiger partial charge is 0.224 e. The first kappa shape index (κ1) is 19.6. The Morgan fingerprint density at radius 2 is 2.00 bits per heavy atom. The molecule has 0 aromatic heterocycles. The van der Waals surface area contributed by atoms with Gasteiger partial charge in [-0.05, 0) is 26.2 Å². The van der Waals surface area contributed by atoms with Crippen molar-refractivity contribution >= 4 is 23.3 Å². The third kappa shape index (κ3) is 2.77. The summed E-state index contributed by atoms with van der Waals surface area (Å²) in [5.74, 6) is -1.55. The Bertz CT molecular complexity index is 511. The SMILES string of the molecule is CC(=O)[C@]1([C@@H](O)[C@H]2CCCC(O)C2O)NC(=O)[C@H](CCCl)C1(C)C. The topological polar surface area (TPSA) is 107 Å². The molecule has 1 heterocycles. The average Bonchev–Trinajstić information content (AvgIpc) is 2.70. The number of nitrogens with one attached hydrogen (secondary N) is 1. The number of aliphatic hydroxyl groups is 3. The Hall–Kier alpha value is -0.690. The van der Waals surface area contributed by atoms with Gasteiger partial charge in [-0.3, -0.25) is 9.59 Å². The van der Waals surface area contributed by atoms with Crippen molar-refractivity contribution < 1.29 is 24.9 Å². The largest absolute Gasteiger partial charge is 0.390 e. The summed E-state index contributed by atoms with van der Waals surface area (Å²) >= 11 is 5.82. The predicted octanol–water partition coefficient (Wildman–Crippen LogP) is 0.598. The third-order valence-electron chi connectivity index (χ3n) is 6.20. The van der Waals surface area contributed by atoms with Crippen LogP contribution in [0.3, 0.4) is 0 Å². The zero-order chi connectivity index (χ0) is 18.3. The molecule has 138 valence electrons. The van der Waals surface area contributed by atoms with Gasteiger partial charge in [-0.1, -0.05) is 20.3 Å². The fourth-order valence-corrected chi connectivity index (χ4v) is 4.92. The Balaban J connectivity index is 2.44. The van der Waals surface area contributed by atoms with Crippen molar-refractivity contribution in [2.75, 3.05) is 5.88 Å². The second kappa shape index (κ2) is 6.90. The van der Waals surface area contributed by atoms with Gasteiger partial charge >= 0.3 is 0 Å². The van der Waals surface area contributed by atoms with Crippen molar-refractivity contribution in [2.24, 2.45) is 17.3 Å². The Morgan fingerprint density at radius 1 is 1.38 bits per heavy atom. The zero-order valence-corrected chi connectivity index (χ0v) is 15.2. The van der Waals surface area contributed by atoms with Crippen molar-refractivity contribution in [1.29, 1.82) is 0 Å².